The molecule has 178 valence electrons. The highest BCUT2D eigenvalue weighted by Gasteiger charge is 2.50. The maximum absolute atomic E-state index is 15.2. The van der Waals surface area contributed by atoms with Crippen molar-refractivity contribution in [2.75, 3.05) is 12.4 Å². The van der Waals surface area contributed by atoms with Crippen LogP contribution < -0.4 is 5.32 Å². The zero-order valence-electron chi connectivity index (χ0n) is 19.4. The van der Waals surface area contributed by atoms with Crippen molar-refractivity contribution in [3.63, 3.8) is 0 Å². The number of amides is 1. The Labute approximate surface area is 201 Å². The number of nitrogens with zero attached hydrogens (tertiary/aromatic N) is 2. The van der Waals surface area contributed by atoms with Crippen molar-refractivity contribution in [1.82, 2.24) is 10.3 Å². The molecular weight excluding hydrogens is 460 g/mol. The highest BCUT2D eigenvalue weighted by atomic mass is 32.2. The molecule has 9 heteroatoms. The van der Waals surface area contributed by atoms with Crippen LogP contribution in [-0.2, 0) is 15.2 Å². The van der Waals surface area contributed by atoms with Gasteiger partial charge in [-0.2, -0.15) is 0 Å². The molecule has 0 unspecified atom stereocenters. The van der Waals surface area contributed by atoms with E-state index in [1.54, 1.807) is 40.0 Å². The first-order chi connectivity index (χ1) is 16.1. The molecule has 2 aliphatic heterocycles. The van der Waals surface area contributed by atoms with Gasteiger partial charge in [-0.25, -0.2) is 18.6 Å². The minimum Gasteiger partial charge on any atom is -0.444 e. The van der Waals surface area contributed by atoms with E-state index in [1.807, 2.05) is 0 Å². The maximum Gasteiger partial charge on any atom is 0.413 e. The van der Waals surface area contributed by atoms with Crippen molar-refractivity contribution >= 4 is 23.0 Å². The zero-order valence-corrected chi connectivity index (χ0v) is 20.2. The van der Waals surface area contributed by atoms with Crippen LogP contribution in [0.3, 0.4) is 0 Å². The van der Waals surface area contributed by atoms with Gasteiger partial charge in [0, 0.05) is 52.4 Å². The van der Waals surface area contributed by atoms with Crippen LogP contribution in [0.5, 0.6) is 0 Å². The van der Waals surface area contributed by atoms with Crippen LogP contribution in [0.4, 0.5) is 13.6 Å². The lowest BCUT2D eigenvalue weighted by Crippen LogP contribution is -2.42. The molecule has 2 atom stereocenters. The number of carbonyl (C=O) groups excluding carboxylic acids is 1. The average Bonchev–Trinajstić information content (AvgIpc) is 3.17. The second-order valence-electron chi connectivity index (χ2n) is 9.03. The van der Waals surface area contributed by atoms with Gasteiger partial charge in [-0.1, -0.05) is 17.7 Å². The van der Waals surface area contributed by atoms with Gasteiger partial charge in [0.25, 0.3) is 0 Å². The summed E-state index contributed by atoms with van der Waals surface area (Å²) in [5.41, 5.74) is -0.697. The Bertz CT molecular complexity index is 1220. The molecule has 0 aliphatic carbocycles. The number of amidine groups is 1. The van der Waals surface area contributed by atoms with Gasteiger partial charge < -0.3 is 9.47 Å². The molecule has 4 rings (SSSR count). The smallest absolute Gasteiger partial charge is 0.413 e. The van der Waals surface area contributed by atoms with E-state index in [0.717, 1.165) is 6.07 Å². The summed E-state index contributed by atoms with van der Waals surface area (Å²) in [5.74, 6) is 4.58. The summed E-state index contributed by atoms with van der Waals surface area (Å²) in [6, 6.07) is 3.96. The number of benzene rings is 1. The molecule has 6 nitrogen and oxygen atoms in total. The molecule has 2 aliphatic rings. The van der Waals surface area contributed by atoms with Gasteiger partial charge in [-0.3, -0.25) is 10.3 Å². The highest BCUT2D eigenvalue weighted by Crippen LogP contribution is 2.49. The van der Waals surface area contributed by atoms with Gasteiger partial charge in [-0.05, 0) is 46.2 Å². The van der Waals surface area contributed by atoms with Crippen LogP contribution in [0.2, 0.25) is 0 Å². The molecule has 0 radical (unpaired) electrons. The van der Waals surface area contributed by atoms with Crippen molar-refractivity contribution < 1.29 is 23.0 Å². The fourth-order valence-corrected chi connectivity index (χ4v) is 5.12. The third-order valence-electron chi connectivity index (χ3n) is 5.40. The Morgan fingerprint density at radius 1 is 1.26 bits per heavy atom. The summed E-state index contributed by atoms with van der Waals surface area (Å²) < 4.78 is 41.5. The molecule has 0 spiro atoms. The molecule has 1 saturated heterocycles. The molecule has 1 amide bonds. The number of thioether (sulfide) groups is 1. The fraction of sp³-hybridized carbons (Fsp3) is 0.400. The van der Waals surface area contributed by atoms with Crippen molar-refractivity contribution in [3.05, 3.63) is 53.4 Å². The summed E-state index contributed by atoms with van der Waals surface area (Å²) >= 11 is 1.34. The Morgan fingerprint density at radius 3 is 2.79 bits per heavy atom. The van der Waals surface area contributed by atoms with Crippen LogP contribution >= 0.6 is 11.8 Å². The summed E-state index contributed by atoms with van der Waals surface area (Å²) in [5, 5.41) is 2.89. The van der Waals surface area contributed by atoms with Crippen LogP contribution in [0.25, 0.3) is 11.1 Å². The van der Waals surface area contributed by atoms with Crippen LogP contribution in [0.15, 0.2) is 35.6 Å². The second-order valence-corrected chi connectivity index (χ2v) is 10.0. The standard InChI is InChI=1S/C25H25F2N3O3S/c1-5-6-15-9-16(13-28-12-15)18-10-19(21(27)11-20(18)26)25-17(7-8-32-25)14-34-22(30-25)29-23(31)33-24(2,3)4/h9-13,17H,7-8,14H2,1-4H3,(H,29,30,31)/t17-,25+/m0/s1. The number of ether oxygens (including phenoxy) is 2. The lowest BCUT2D eigenvalue weighted by molar-refractivity contribution is -0.0173. The Kier molecular flexibility index (Phi) is 6.65. The lowest BCUT2D eigenvalue weighted by atomic mass is 9.88. The summed E-state index contributed by atoms with van der Waals surface area (Å²) in [4.78, 5) is 21.1. The average molecular weight is 486 g/mol. The molecule has 1 fully saturated rings. The molecule has 2 aromatic rings. The van der Waals surface area contributed by atoms with E-state index < -0.39 is 29.1 Å². The van der Waals surface area contributed by atoms with E-state index in [9.17, 15) is 9.18 Å². The Morgan fingerprint density at radius 2 is 2.06 bits per heavy atom. The van der Waals surface area contributed by atoms with Crippen molar-refractivity contribution in [2.24, 2.45) is 10.9 Å². The maximum atomic E-state index is 15.2. The minimum atomic E-state index is -1.38. The largest absolute Gasteiger partial charge is 0.444 e. The van der Waals surface area contributed by atoms with Gasteiger partial charge in [0.1, 0.15) is 17.2 Å². The predicted octanol–water partition coefficient (Wildman–Crippen LogP) is 5.22. The molecule has 34 heavy (non-hydrogen) atoms. The number of aromatic nitrogens is 1. The van der Waals surface area contributed by atoms with Crippen LogP contribution in [0.1, 0.15) is 45.2 Å². The number of halogens is 2. The van der Waals surface area contributed by atoms with E-state index in [2.05, 4.69) is 27.1 Å². The van der Waals surface area contributed by atoms with E-state index >= 15 is 4.39 Å². The Hall–Kier alpha value is -2.96. The predicted molar refractivity (Wildman–Crippen MR) is 127 cm³/mol. The summed E-state index contributed by atoms with van der Waals surface area (Å²) in [6.45, 7) is 7.33. The van der Waals surface area contributed by atoms with Crippen LogP contribution in [-0.4, -0.2) is 34.2 Å². The number of fused-ring (bicyclic) bond motifs is 1. The number of carbonyl (C=O) groups is 1. The number of hydrogen-bond donors (Lipinski definition) is 1. The number of hydrogen-bond acceptors (Lipinski definition) is 6. The first-order valence-electron chi connectivity index (χ1n) is 10.9. The van der Waals surface area contributed by atoms with E-state index in [-0.39, 0.29) is 22.2 Å². The summed E-state index contributed by atoms with van der Waals surface area (Å²) in [7, 11) is 0. The first-order valence-corrected chi connectivity index (χ1v) is 11.8. The van der Waals surface area contributed by atoms with Gasteiger partial charge in [-0.15, -0.1) is 5.92 Å². The summed E-state index contributed by atoms with van der Waals surface area (Å²) in [6.07, 6.45) is 3.08. The van der Waals surface area contributed by atoms with Crippen molar-refractivity contribution in [3.8, 4) is 23.0 Å². The number of nitrogens with one attached hydrogen (secondary N) is 1. The number of aliphatic imine (C=N–C) groups is 1. The molecular formula is C25H25F2N3O3S. The topological polar surface area (TPSA) is 72.8 Å². The lowest BCUT2D eigenvalue weighted by Gasteiger charge is -2.35. The van der Waals surface area contributed by atoms with E-state index in [0.29, 0.717) is 29.9 Å². The molecule has 1 aromatic carbocycles. The van der Waals surface area contributed by atoms with E-state index in [1.165, 1.54) is 24.0 Å². The third-order valence-corrected chi connectivity index (χ3v) is 6.44. The normalized spacial score (nSPS) is 21.7. The van der Waals surface area contributed by atoms with Gasteiger partial charge in [0.05, 0.1) is 6.61 Å². The van der Waals surface area contributed by atoms with Gasteiger partial charge >= 0.3 is 6.09 Å². The quantitative estimate of drug-likeness (QED) is 0.591. The zero-order chi connectivity index (χ0) is 24.5. The van der Waals surface area contributed by atoms with E-state index in [4.69, 9.17) is 9.47 Å². The van der Waals surface area contributed by atoms with Gasteiger partial charge in [0.15, 0.2) is 10.9 Å². The number of rotatable bonds is 2. The monoisotopic (exact) mass is 485 g/mol. The molecule has 3 heterocycles. The number of alkyl carbamates (subject to hydrolysis) is 1. The van der Waals surface area contributed by atoms with Crippen molar-refractivity contribution in [1.29, 1.82) is 0 Å². The molecule has 1 N–H and O–H groups in total. The van der Waals surface area contributed by atoms with Crippen LogP contribution in [0, 0.1) is 29.4 Å². The molecule has 0 bridgehead atoms. The molecule has 1 aromatic heterocycles. The Balaban J connectivity index is 1.77. The second kappa shape index (κ2) is 9.35. The fourth-order valence-electron chi connectivity index (χ4n) is 4.01. The SMILES string of the molecule is CC#Cc1cncc(-c2cc([C@@]34N=C(NC(=O)OC(C)(C)C)SC[C@@H]3CCO4)c(F)cc2F)c1. The number of pyridine rings is 1. The third kappa shape index (κ3) is 4.93. The van der Waals surface area contributed by atoms with Crippen molar-refractivity contribution in [2.45, 2.75) is 45.4 Å². The first kappa shape index (κ1) is 24.2. The highest BCUT2D eigenvalue weighted by molar-refractivity contribution is 8.13. The minimum absolute atomic E-state index is 0.113. The van der Waals surface area contributed by atoms with Gasteiger partial charge in [0.2, 0.25) is 0 Å². The molecule has 0 saturated carbocycles.